The average Bonchev–Trinajstić information content (AvgIpc) is 2.35. The van der Waals surface area contributed by atoms with Crippen LogP contribution in [0.3, 0.4) is 0 Å². The van der Waals surface area contributed by atoms with E-state index in [0.29, 0.717) is 13.0 Å². The summed E-state index contributed by atoms with van der Waals surface area (Å²) in [6, 6.07) is 8.30. The van der Waals surface area contributed by atoms with E-state index in [1.54, 1.807) is 0 Å². The van der Waals surface area contributed by atoms with E-state index in [4.69, 9.17) is 4.74 Å². The lowest BCUT2D eigenvalue weighted by Crippen LogP contribution is -2.32. The second-order valence-electron chi connectivity index (χ2n) is 7.31. The van der Waals surface area contributed by atoms with Crippen LogP contribution in [0.2, 0.25) is 0 Å². The quantitative estimate of drug-likeness (QED) is 0.655. The monoisotopic (exact) mass is 301 g/mol. The molecule has 1 amide bonds. The van der Waals surface area contributed by atoms with E-state index in [9.17, 15) is 4.79 Å². The van der Waals surface area contributed by atoms with Gasteiger partial charge in [0.25, 0.3) is 0 Å². The largest absolute Gasteiger partial charge is 0.444 e. The fourth-order valence-corrected chi connectivity index (χ4v) is 1.76. The number of benzene rings is 1. The van der Waals surface area contributed by atoms with E-state index >= 15 is 0 Å². The smallest absolute Gasteiger partial charge is 0.407 e. The summed E-state index contributed by atoms with van der Waals surface area (Å²) in [6.45, 7) is 12.6. The second kappa shape index (κ2) is 7.35. The van der Waals surface area contributed by atoms with Crippen molar-refractivity contribution in [2.75, 3.05) is 6.54 Å². The summed E-state index contributed by atoms with van der Waals surface area (Å²) in [5.74, 6) is 6.16. The summed E-state index contributed by atoms with van der Waals surface area (Å²) in [5, 5.41) is 2.69. The molecule has 0 unspecified atom stereocenters. The lowest BCUT2D eigenvalue weighted by Gasteiger charge is -2.19. The predicted molar refractivity (Wildman–Crippen MR) is 90.9 cm³/mol. The standard InChI is InChI=1S/C19H27NO2/c1-18(2,3)16-12-10-15(11-13-16)9-7-8-14-20-17(21)22-19(4,5)6/h10-13H,8,14H2,1-6H3,(H,20,21). The van der Waals surface area contributed by atoms with Crippen LogP contribution in [0.15, 0.2) is 24.3 Å². The molecule has 0 aromatic heterocycles. The second-order valence-corrected chi connectivity index (χ2v) is 7.31. The van der Waals surface area contributed by atoms with Crippen LogP contribution in [-0.2, 0) is 10.2 Å². The van der Waals surface area contributed by atoms with Gasteiger partial charge >= 0.3 is 6.09 Å². The molecule has 0 atom stereocenters. The summed E-state index contributed by atoms with van der Waals surface area (Å²) in [6.07, 6.45) is 0.198. The van der Waals surface area contributed by atoms with E-state index in [-0.39, 0.29) is 5.41 Å². The molecule has 0 bridgehead atoms. The summed E-state index contributed by atoms with van der Waals surface area (Å²) in [4.78, 5) is 11.4. The van der Waals surface area contributed by atoms with Crippen molar-refractivity contribution in [3.63, 3.8) is 0 Å². The van der Waals surface area contributed by atoms with Crippen molar-refractivity contribution in [2.24, 2.45) is 0 Å². The fourth-order valence-electron chi connectivity index (χ4n) is 1.76. The normalized spacial score (nSPS) is 11.4. The first-order chi connectivity index (χ1) is 10.1. The molecule has 0 fully saturated rings. The summed E-state index contributed by atoms with van der Waals surface area (Å²) in [5.41, 5.74) is 1.98. The number of nitrogens with one attached hydrogen (secondary N) is 1. The molecule has 1 rings (SSSR count). The molecule has 120 valence electrons. The highest BCUT2D eigenvalue weighted by atomic mass is 16.6. The zero-order chi connectivity index (χ0) is 16.8. The van der Waals surface area contributed by atoms with E-state index < -0.39 is 11.7 Å². The van der Waals surface area contributed by atoms with E-state index in [0.717, 1.165) is 5.56 Å². The molecule has 1 aromatic carbocycles. The Kier molecular flexibility index (Phi) is 6.05. The van der Waals surface area contributed by atoms with E-state index in [2.05, 4.69) is 50.1 Å². The summed E-state index contributed by atoms with van der Waals surface area (Å²) < 4.78 is 5.15. The molecule has 1 aromatic rings. The minimum Gasteiger partial charge on any atom is -0.444 e. The first-order valence-corrected chi connectivity index (χ1v) is 7.64. The van der Waals surface area contributed by atoms with Gasteiger partial charge in [-0.2, -0.15) is 0 Å². The lowest BCUT2D eigenvalue weighted by molar-refractivity contribution is 0.0529. The molecule has 0 saturated carbocycles. The van der Waals surface area contributed by atoms with Gasteiger partial charge in [0.1, 0.15) is 5.60 Å². The SMILES string of the molecule is CC(C)(C)OC(=O)NCCC#Cc1ccc(C(C)(C)C)cc1. The molecule has 0 aliphatic carbocycles. The van der Waals surface area contributed by atoms with Crippen LogP contribution in [-0.4, -0.2) is 18.2 Å². The van der Waals surface area contributed by atoms with Crippen molar-refractivity contribution in [1.82, 2.24) is 5.32 Å². The maximum atomic E-state index is 11.4. The molecule has 0 radical (unpaired) electrons. The molecular formula is C19H27NO2. The molecule has 22 heavy (non-hydrogen) atoms. The van der Waals surface area contributed by atoms with Crippen molar-refractivity contribution >= 4 is 6.09 Å². The lowest BCUT2D eigenvalue weighted by atomic mass is 9.87. The third-order valence-electron chi connectivity index (χ3n) is 2.90. The number of rotatable bonds is 2. The van der Waals surface area contributed by atoms with Crippen LogP contribution in [0.25, 0.3) is 0 Å². The molecule has 3 heteroatoms. The van der Waals surface area contributed by atoms with Crippen LogP contribution in [0.1, 0.15) is 59.1 Å². The van der Waals surface area contributed by atoms with Gasteiger partial charge in [0, 0.05) is 18.5 Å². The van der Waals surface area contributed by atoms with Crippen LogP contribution in [0.5, 0.6) is 0 Å². The highest BCUT2D eigenvalue weighted by Crippen LogP contribution is 2.21. The third-order valence-corrected chi connectivity index (χ3v) is 2.90. The zero-order valence-electron chi connectivity index (χ0n) is 14.5. The van der Waals surface area contributed by atoms with E-state index in [1.807, 2.05) is 32.9 Å². The average molecular weight is 301 g/mol. The maximum Gasteiger partial charge on any atom is 0.407 e. The van der Waals surface area contributed by atoms with Gasteiger partial charge < -0.3 is 10.1 Å². The van der Waals surface area contributed by atoms with Gasteiger partial charge in [0.05, 0.1) is 0 Å². The van der Waals surface area contributed by atoms with Gasteiger partial charge in [0.15, 0.2) is 0 Å². The van der Waals surface area contributed by atoms with Gasteiger partial charge in [-0.15, -0.1) is 0 Å². The Balaban J connectivity index is 2.41. The molecule has 3 nitrogen and oxygen atoms in total. The Bertz CT molecular complexity index is 548. The number of hydrogen-bond acceptors (Lipinski definition) is 2. The highest BCUT2D eigenvalue weighted by molar-refractivity contribution is 5.67. The predicted octanol–water partition coefficient (Wildman–Crippen LogP) is 4.25. The number of carbonyl (C=O) groups excluding carboxylic acids is 1. The van der Waals surface area contributed by atoms with Crippen LogP contribution >= 0.6 is 0 Å². The van der Waals surface area contributed by atoms with Gasteiger partial charge in [-0.05, 0) is 43.9 Å². The van der Waals surface area contributed by atoms with Crippen molar-refractivity contribution in [3.8, 4) is 11.8 Å². The van der Waals surface area contributed by atoms with E-state index in [1.165, 1.54) is 5.56 Å². The minimum atomic E-state index is -0.468. The summed E-state index contributed by atoms with van der Waals surface area (Å²) in [7, 11) is 0. The maximum absolute atomic E-state index is 11.4. The van der Waals surface area contributed by atoms with Crippen molar-refractivity contribution in [2.45, 2.75) is 59.0 Å². The molecule has 1 N–H and O–H groups in total. The Morgan fingerprint density at radius 3 is 2.18 bits per heavy atom. The molecule has 0 aliphatic heterocycles. The van der Waals surface area contributed by atoms with Crippen molar-refractivity contribution in [3.05, 3.63) is 35.4 Å². The molecule has 0 heterocycles. The van der Waals surface area contributed by atoms with Crippen LogP contribution in [0.4, 0.5) is 4.79 Å². The molecule has 0 spiro atoms. The first-order valence-electron chi connectivity index (χ1n) is 7.64. The molecule has 0 saturated heterocycles. The molecular weight excluding hydrogens is 274 g/mol. The van der Waals surface area contributed by atoms with Crippen LogP contribution in [0, 0.1) is 11.8 Å². The Hall–Kier alpha value is -1.95. The van der Waals surface area contributed by atoms with Gasteiger partial charge in [-0.3, -0.25) is 0 Å². The van der Waals surface area contributed by atoms with Crippen LogP contribution < -0.4 is 5.32 Å². The number of alkyl carbamates (subject to hydrolysis) is 1. The van der Waals surface area contributed by atoms with Crippen molar-refractivity contribution in [1.29, 1.82) is 0 Å². The number of amides is 1. The number of carbonyl (C=O) groups is 1. The topological polar surface area (TPSA) is 38.3 Å². The number of hydrogen-bond donors (Lipinski definition) is 1. The van der Waals surface area contributed by atoms with Gasteiger partial charge in [0.2, 0.25) is 0 Å². The Morgan fingerprint density at radius 2 is 1.68 bits per heavy atom. The Morgan fingerprint density at radius 1 is 1.09 bits per heavy atom. The summed E-state index contributed by atoms with van der Waals surface area (Å²) >= 11 is 0. The molecule has 0 aliphatic rings. The minimum absolute atomic E-state index is 0.156. The highest BCUT2D eigenvalue weighted by Gasteiger charge is 2.15. The number of ether oxygens (including phenoxy) is 1. The third kappa shape index (κ3) is 7.17. The van der Waals surface area contributed by atoms with Gasteiger partial charge in [-0.1, -0.05) is 44.7 Å². The van der Waals surface area contributed by atoms with Gasteiger partial charge in [-0.25, -0.2) is 4.79 Å². The van der Waals surface area contributed by atoms with Crippen molar-refractivity contribution < 1.29 is 9.53 Å². The first kappa shape index (κ1) is 18.1. The zero-order valence-corrected chi connectivity index (χ0v) is 14.5. The fraction of sp³-hybridized carbons (Fsp3) is 0.526. The Labute approximate surface area is 134 Å².